The smallest absolute Gasteiger partial charge is 0.318 e. The third kappa shape index (κ3) is 3.70. The van der Waals surface area contributed by atoms with E-state index in [2.05, 4.69) is 27.0 Å². The lowest BCUT2D eigenvalue weighted by Crippen LogP contribution is -2.25. The van der Waals surface area contributed by atoms with Gasteiger partial charge in [-0.2, -0.15) is 9.97 Å². The summed E-state index contributed by atoms with van der Waals surface area (Å²) in [6.07, 6.45) is 0.945. The van der Waals surface area contributed by atoms with E-state index in [-0.39, 0.29) is 6.10 Å². The van der Waals surface area contributed by atoms with Crippen molar-refractivity contribution in [3.05, 3.63) is 54.6 Å². The van der Waals surface area contributed by atoms with Gasteiger partial charge in [0.2, 0.25) is 0 Å². The lowest BCUT2D eigenvalue weighted by molar-refractivity contribution is 0.225. The maximum absolute atomic E-state index is 6.34. The predicted octanol–water partition coefficient (Wildman–Crippen LogP) is 4.47. The van der Waals surface area contributed by atoms with Crippen LogP contribution in [0, 0.1) is 0 Å². The highest BCUT2D eigenvalue weighted by Gasteiger charge is 2.28. The van der Waals surface area contributed by atoms with E-state index in [4.69, 9.17) is 18.9 Å². The van der Waals surface area contributed by atoms with Crippen LogP contribution in [0.4, 0.5) is 5.82 Å². The van der Waals surface area contributed by atoms with Gasteiger partial charge in [0.15, 0.2) is 0 Å². The summed E-state index contributed by atoms with van der Waals surface area (Å²) in [5.41, 5.74) is 0.792. The summed E-state index contributed by atoms with van der Waals surface area (Å²) in [7, 11) is 4.92. The van der Waals surface area contributed by atoms with Gasteiger partial charge in [0.1, 0.15) is 29.2 Å². The third-order valence-electron chi connectivity index (χ3n) is 5.81. The zero-order valence-electron chi connectivity index (χ0n) is 18.4. The maximum atomic E-state index is 6.34. The molecule has 3 aromatic carbocycles. The summed E-state index contributed by atoms with van der Waals surface area (Å²) in [5.74, 6) is 3.26. The maximum Gasteiger partial charge on any atom is 0.318 e. The van der Waals surface area contributed by atoms with Crippen molar-refractivity contribution in [3.63, 3.8) is 0 Å². The van der Waals surface area contributed by atoms with Crippen LogP contribution >= 0.6 is 0 Å². The van der Waals surface area contributed by atoms with Crippen molar-refractivity contribution in [2.75, 3.05) is 39.3 Å². The van der Waals surface area contributed by atoms with Crippen molar-refractivity contribution in [1.82, 2.24) is 9.97 Å². The molecule has 1 atom stereocenters. The largest absolute Gasteiger partial charge is 0.497 e. The van der Waals surface area contributed by atoms with E-state index in [1.807, 2.05) is 42.5 Å². The molecular formula is C25H25N3O4. The average molecular weight is 431 g/mol. The fourth-order valence-corrected chi connectivity index (χ4v) is 4.21. The molecule has 1 aliphatic heterocycles. The van der Waals surface area contributed by atoms with Crippen molar-refractivity contribution in [2.45, 2.75) is 12.5 Å². The highest BCUT2D eigenvalue weighted by atomic mass is 16.5. The molecule has 0 radical (unpaired) electrons. The SMILES string of the molecule is COc1ccc2cc(OC3CCN(c4nc(OC)nc5cccc(OC)c45)C3)ccc2c1. The van der Waals surface area contributed by atoms with Crippen LogP contribution in [0.2, 0.25) is 0 Å². The Hall–Kier alpha value is -3.74. The predicted molar refractivity (Wildman–Crippen MR) is 124 cm³/mol. The Morgan fingerprint density at radius 1 is 0.844 bits per heavy atom. The van der Waals surface area contributed by atoms with E-state index < -0.39 is 0 Å². The number of benzene rings is 3. The van der Waals surface area contributed by atoms with Crippen LogP contribution in [0.15, 0.2) is 54.6 Å². The lowest BCUT2D eigenvalue weighted by Gasteiger charge is -2.21. The van der Waals surface area contributed by atoms with Crippen molar-refractivity contribution in [3.8, 4) is 23.3 Å². The molecule has 32 heavy (non-hydrogen) atoms. The molecule has 1 unspecified atom stereocenters. The van der Waals surface area contributed by atoms with E-state index in [1.165, 1.54) is 0 Å². The van der Waals surface area contributed by atoms with Gasteiger partial charge in [0.05, 0.1) is 38.8 Å². The second-order valence-corrected chi connectivity index (χ2v) is 7.74. The Bertz CT molecular complexity index is 1280. The van der Waals surface area contributed by atoms with E-state index in [0.29, 0.717) is 12.6 Å². The zero-order valence-corrected chi connectivity index (χ0v) is 18.4. The highest BCUT2D eigenvalue weighted by Crippen LogP contribution is 2.36. The first-order chi connectivity index (χ1) is 15.7. The summed E-state index contributed by atoms with van der Waals surface area (Å²) >= 11 is 0. The standard InChI is InChI=1S/C25H25N3O4/c1-29-18-9-7-17-14-19(10-8-16(17)13-18)32-20-11-12-28(15-20)24-23-21(26-25(27-24)31-3)5-4-6-22(23)30-2/h4-10,13-14,20H,11-12,15H2,1-3H3. The van der Waals surface area contributed by atoms with Crippen LogP contribution < -0.4 is 23.8 Å². The molecule has 0 N–H and O–H groups in total. The van der Waals surface area contributed by atoms with Crippen LogP contribution in [0.25, 0.3) is 21.7 Å². The minimum Gasteiger partial charge on any atom is -0.497 e. The molecule has 1 aromatic heterocycles. The first kappa shape index (κ1) is 20.2. The number of rotatable bonds is 6. The molecule has 7 nitrogen and oxygen atoms in total. The van der Waals surface area contributed by atoms with E-state index in [0.717, 1.165) is 57.7 Å². The molecule has 0 amide bonds. The van der Waals surface area contributed by atoms with Crippen molar-refractivity contribution < 1.29 is 18.9 Å². The summed E-state index contributed by atoms with van der Waals surface area (Å²) in [4.78, 5) is 11.4. The highest BCUT2D eigenvalue weighted by molar-refractivity contribution is 5.95. The second-order valence-electron chi connectivity index (χ2n) is 7.74. The molecule has 4 aromatic rings. The Morgan fingerprint density at radius 3 is 2.38 bits per heavy atom. The number of hydrogen-bond donors (Lipinski definition) is 0. The fourth-order valence-electron chi connectivity index (χ4n) is 4.21. The van der Waals surface area contributed by atoms with Crippen LogP contribution in [-0.2, 0) is 0 Å². The van der Waals surface area contributed by atoms with Crippen LogP contribution in [0.5, 0.6) is 23.3 Å². The van der Waals surface area contributed by atoms with Gasteiger partial charge in [0.25, 0.3) is 0 Å². The Labute approximate surface area is 186 Å². The normalized spacial score (nSPS) is 15.8. The van der Waals surface area contributed by atoms with E-state index in [9.17, 15) is 0 Å². The topological polar surface area (TPSA) is 65.9 Å². The van der Waals surface area contributed by atoms with Gasteiger partial charge in [-0.25, -0.2) is 0 Å². The number of aromatic nitrogens is 2. The van der Waals surface area contributed by atoms with Gasteiger partial charge in [0, 0.05) is 13.0 Å². The quantitative estimate of drug-likeness (QED) is 0.446. The first-order valence-corrected chi connectivity index (χ1v) is 10.6. The molecule has 2 heterocycles. The zero-order chi connectivity index (χ0) is 22.1. The van der Waals surface area contributed by atoms with Crippen molar-refractivity contribution in [1.29, 1.82) is 0 Å². The fraction of sp³-hybridized carbons (Fsp3) is 0.280. The molecule has 1 aliphatic rings. The van der Waals surface area contributed by atoms with E-state index in [1.54, 1.807) is 21.3 Å². The van der Waals surface area contributed by atoms with Gasteiger partial charge < -0.3 is 23.8 Å². The molecule has 1 fully saturated rings. The number of nitrogens with zero attached hydrogens (tertiary/aromatic N) is 3. The lowest BCUT2D eigenvalue weighted by atomic mass is 10.1. The van der Waals surface area contributed by atoms with Gasteiger partial charge in [-0.05, 0) is 47.2 Å². The number of ether oxygens (including phenoxy) is 4. The van der Waals surface area contributed by atoms with Crippen LogP contribution in [0.3, 0.4) is 0 Å². The minimum atomic E-state index is 0.0522. The Morgan fingerprint density at radius 2 is 1.62 bits per heavy atom. The first-order valence-electron chi connectivity index (χ1n) is 10.6. The summed E-state index contributed by atoms with van der Waals surface area (Å²) < 4.78 is 22.6. The molecule has 5 rings (SSSR count). The van der Waals surface area contributed by atoms with Gasteiger partial charge in [-0.15, -0.1) is 0 Å². The molecular weight excluding hydrogens is 406 g/mol. The van der Waals surface area contributed by atoms with Gasteiger partial charge in [-0.1, -0.05) is 18.2 Å². The van der Waals surface area contributed by atoms with Crippen molar-refractivity contribution >= 4 is 27.5 Å². The van der Waals surface area contributed by atoms with Crippen molar-refractivity contribution in [2.24, 2.45) is 0 Å². The Kier molecular flexibility index (Phi) is 5.31. The van der Waals surface area contributed by atoms with Gasteiger partial charge >= 0.3 is 6.01 Å². The summed E-state index contributed by atoms with van der Waals surface area (Å²) in [5, 5.41) is 3.13. The molecule has 7 heteroatoms. The van der Waals surface area contributed by atoms with Crippen LogP contribution in [0.1, 0.15) is 6.42 Å². The molecule has 164 valence electrons. The number of anilines is 1. The molecule has 0 bridgehead atoms. The Balaban J connectivity index is 1.40. The average Bonchev–Trinajstić information content (AvgIpc) is 3.30. The van der Waals surface area contributed by atoms with Gasteiger partial charge in [-0.3, -0.25) is 0 Å². The monoisotopic (exact) mass is 431 g/mol. The number of fused-ring (bicyclic) bond motifs is 2. The molecule has 0 spiro atoms. The molecule has 0 saturated carbocycles. The van der Waals surface area contributed by atoms with E-state index >= 15 is 0 Å². The molecule has 1 saturated heterocycles. The second kappa shape index (κ2) is 8.42. The summed E-state index contributed by atoms with van der Waals surface area (Å²) in [6, 6.07) is 18.3. The third-order valence-corrected chi connectivity index (χ3v) is 5.81. The summed E-state index contributed by atoms with van der Waals surface area (Å²) in [6.45, 7) is 1.54. The van der Waals surface area contributed by atoms with Crippen LogP contribution in [-0.4, -0.2) is 50.5 Å². The number of hydrogen-bond acceptors (Lipinski definition) is 7. The molecule has 0 aliphatic carbocycles. The minimum absolute atomic E-state index is 0.0522. The number of methoxy groups -OCH3 is 3.